The molecule has 2 rings (SSSR count). The molecule has 6 nitrogen and oxygen atoms in total. The van der Waals surface area contributed by atoms with Crippen LogP contribution in [0.3, 0.4) is 0 Å². The molecule has 1 fully saturated rings. The van der Waals surface area contributed by atoms with E-state index in [0.717, 1.165) is 25.9 Å². The molecule has 1 saturated carbocycles. The predicted octanol–water partition coefficient (Wildman–Crippen LogP) is 3.51. The number of hydrogen-bond donors (Lipinski definition) is 3. The Morgan fingerprint density at radius 3 is 2.54 bits per heavy atom. The van der Waals surface area contributed by atoms with Crippen LogP contribution in [0, 0.1) is 0 Å². The van der Waals surface area contributed by atoms with E-state index in [2.05, 4.69) is 28.8 Å². The van der Waals surface area contributed by atoms with Crippen LogP contribution in [-0.2, 0) is 20.2 Å². The van der Waals surface area contributed by atoms with E-state index in [1.165, 1.54) is 30.4 Å². The molecular weight excluding hydrogens is 353 g/mol. The summed E-state index contributed by atoms with van der Waals surface area (Å²) in [6.45, 7) is 0.743. The summed E-state index contributed by atoms with van der Waals surface area (Å²) in [7, 11) is -2.72. The second kappa shape index (κ2) is 9.98. The van der Waals surface area contributed by atoms with Crippen LogP contribution in [0.25, 0.3) is 0 Å². The summed E-state index contributed by atoms with van der Waals surface area (Å²) in [5, 5.41) is 0. The highest BCUT2D eigenvalue weighted by molar-refractivity contribution is 7.46. The summed E-state index contributed by atoms with van der Waals surface area (Å²) in [6, 6.07) is 8.71. The van der Waals surface area contributed by atoms with Crippen molar-refractivity contribution < 1.29 is 23.6 Å². The number of aryl methyl sites for hydroxylation is 1. The number of hydrogen-bond acceptors (Lipinski definition) is 4. The molecule has 7 heteroatoms. The first kappa shape index (κ1) is 21.5. The molecule has 1 aliphatic carbocycles. The van der Waals surface area contributed by atoms with Crippen LogP contribution in [0.5, 0.6) is 0 Å². The molecule has 0 saturated heterocycles. The lowest BCUT2D eigenvalue weighted by Gasteiger charge is -2.24. The fourth-order valence-corrected chi connectivity index (χ4v) is 4.10. The Labute approximate surface area is 156 Å². The minimum atomic E-state index is -4.47. The monoisotopic (exact) mass is 385 g/mol. The molecule has 0 spiro atoms. The summed E-state index contributed by atoms with van der Waals surface area (Å²) in [4.78, 5) is 17.7. The van der Waals surface area contributed by atoms with E-state index >= 15 is 0 Å². The molecule has 0 aliphatic heterocycles. The van der Waals surface area contributed by atoms with Gasteiger partial charge in [-0.2, -0.15) is 0 Å². The third kappa shape index (κ3) is 7.47. The van der Waals surface area contributed by atoms with Gasteiger partial charge in [-0.25, -0.2) is 4.57 Å². The van der Waals surface area contributed by atoms with E-state index in [1.807, 2.05) is 0 Å². The standard InChI is InChI=1S/C19H32NO5P/c1-24-13-5-3-2-4-6-16-7-9-17(10-8-16)18-11-12-19(20,14-18)15-25-26(21,22)23/h7-10,18H,2-6,11-15,20H2,1H3,(H2,21,22,23)/t18-,19+/m1/s1. The zero-order chi connectivity index (χ0) is 19.0. The van der Waals surface area contributed by atoms with Crippen molar-refractivity contribution in [3.05, 3.63) is 35.4 Å². The van der Waals surface area contributed by atoms with Gasteiger partial charge < -0.3 is 20.3 Å². The lowest BCUT2D eigenvalue weighted by Crippen LogP contribution is -2.41. The highest BCUT2D eigenvalue weighted by atomic mass is 31.2. The largest absolute Gasteiger partial charge is 0.469 e. The molecule has 26 heavy (non-hydrogen) atoms. The molecule has 0 radical (unpaired) electrons. The lowest BCUT2D eigenvalue weighted by atomic mass is 9.92. The van der Waals surface area contributed by atoms with Crippen molar-refractivity contribution in [2.45, 2.75) is 62.8 Å². The molecule has 1 aromatic rings. The molecule has 0 bridgehead atoms. The topological polar surface area (TPSA) is 102 Å². The minimum absolute atomic E-state index is 0.102. The van der Waals surface area contributed by atoms with Gasteiger partial charge >= 0.3 is 7.82 Å². The number of methoxy groups -OCH3 is 1. The minimum Gasteiger partial charge on any atom is -0.385 e. The van der Waals surface area contributed by atoms with Gasteiger partial charge in [-0.05, 0) is 55.6 Å². The molecule has 0 unspecified atom stereocenters. The zero-order valence-corrected chi connectivity index (χ0v) is 16.5. The van der Waals surface area contributed by atoms with Gasteiger partial charge in [-0.1, -0.05) is 37.1 Å². The van der Waals surface area contributed by atoms with E-state index in [-0.39, 0.29) is 6.61 Å². The molecular formula is C19H32NO5P. The van der Waals surface area contributed by atoms with Crippen molar-refractivity contribution in [1.29, 1.82) is 0 Å². The number of phosphoric ester groups is 1. The van der Waals surface area contributed by atoms with Crippen LogP contribution >= 0.6 is 7.82 Å². The summed E-state index contributed by atoms with van der Waals surface area (Å²) in [6.07, 6.45) is 8.16. The number of rotatable bonds is 11. The maximum absolute atomic E-state index is 10.9. The number of benzene rings is 1. The van der Waals surface area contributed by atoms with Crippen molar-refractivity contribution in [3.8, 4) is 0 Å². The van der Waals surface area contributed by atoms with Crippen LogP contribution in [0.15, 0.2) is 24.3 Å². The normalized spacial score (nSPS) is 23.5. The highest BCUT2D eigenvalue weighted by Gasteiger charge is 2.38. The van der Waals surface area contributed by atoms with E-state index in [4.69, 9.17) is 20.3 Å². The SMILES string of the molecule is COCCCCCCc1ccc([C@@H]2CC[C@@](N)(COP(=O)(O)O)C2)cc1. The first-order valence-electron chi connectivity index (χ1n) is 9.38. The maximum Gasteiger partial charge on any atom is 0.469 e. The van der Waals surface area contributed by atoms with Crippen molar-refractivity contribution in [2.75, 3.05) is 20.3 Å². The van der Waals surface area contributed by atoms with Gasteiger partial charge in [-0.3, -0.25) is 4.52 Å². The molecule has 0 aromatic heterocycles. The molecule has 148 valence electrons. The fourth-order valence-electron chi connectivity index (χ4n) is 3.67. The predicted molar refractivity (Wildman–Crippen MR) is 102 cm³/mol. The van der Waals surface area contributed by atoms with E-state index in [9.17, 15) is 4.57 Å². The Hall–Kier alpha value is -0.750. The van der Waals surface area contributed by atoms with Gasteiger partial charge in [0.15, 0.2) is 0 Å². The molecule has 2 atom stereocenters. The lowest BCUT2D eigenvalue weighted by molar-refractivity contribution is 0.153. The van der Waals surface area contributed by atoms with E-state index in [0.29, 0.717) is 18.8 Å². The van der Waals surface area contributed by atoms with Crippen LogP contribution in [0.1, 0.15) is 62.0 Å². The summed E-state index contributed by atoms with van der Waals surface area (Å²) >= 11 is 0. The molecule has 1 aromatic carbocycles. The third-order valence-electron chi connectivity index (χ3n) is 5.18. The summed E-state index contributed by atoms with van der Waals surface area (Å²) in [5.74, 6) is 0.323. The van der Waals surface area contributed by atoms with Crippen LogP contribution < -0.4 is 5.73 Å². The number of unbranched alkanes of at least 4 members (excludes halogenated alkanes) is 3. The number of phosphoric acid groups is 1. The van der Waals surface area contributed by atoms with Gasteiger partial charge in [0, 0.05) is 19.3 Å². The van der Waals surface area contributed by atoms with Gasteiger partial charge in [-0.15, -0.1) is 0 Å². The third-order valence-corrected chi connectivity index (χ3v) is 5.64. The van der Waals surface area contributed by atoms with Gasteiger partial charge in [0.1, 0.15) is 0 Å². The first-order chi connectivity index (χ1) is 12.3. The average molecular weight is 385 g/mol. The Kier molecular flexibility index (Phi) is 8.27. The molecule has 0 amide bonds. The van der Waals surface area contributed by atoms with Crippen LogP contribution in [0.4, 0.5) is 0 Å². The highest BCUT2D eigenvalue weighted by Crippen LogP contribution is 2.43. The van der Waals surface area contributed by atoms with E-state index in [1.54, 1.807) is 7.11 Å². The number of ether oxygens (including phenoxy) is 1. The van der Waals surface area contributed by atoms with Crippen molar-refractivity contribution in [1.82, 2.24) is 0 Å². The fraction of sp³-hybridized carbons (Fsp3) is 0.684. The van der Waals surface area contributed by atoms with Crippen molar-refractivity contribution in [2.24, 2.45) is 5.73 Å². The Morgan fingerprint density at radius 1 is 1.19 bits per heavy atom. The number of nitrogens with two attached hydrogens (primary N) is 1. The quantitative estimate of drug-likeness (QED) is 0.398. The Morgan fingerprint density at radius 2 is 1.88 bits per heavy atom. The molecule has 0 heterocycles. The smallest absolute Gasteiger partial charge is 0.385 e. The van der Waals surface area contributed by atoms with Gasteiger partial charge in [0.25, 0.3) is 0 Å². The van der Waals surface area contributed by atoms with Gasteiger partial charge in [0.2, 0.25) is 0 Å². The molecule has 4 N–H and O–H groups in total. The zero-order valence-electron chi connectivity index (χ0n) is 15.6. The van der Waals surface area contributed by atoms with Crippen molar-refractivity contribution >= 4 is 7.82 Å². The van der Waals surface area contributed by atoms with Crippen LogP contribution in [-0.4, -0.2) is 35.6 Å². The molecule has 1 aliphatic rings. The van der Waals surface area contributed by atoms with E-state index < -0.39 is 13.4 Å². The summed E-state index contributed by atoms with van der Waals surface area (Å²) < 4.78 is 20.6. The Balaban J connectivity index is 1.77. The van der Waals surface area contributed by atoms with Crippen LogP contribution in [0.2, 0.25) is 0 Å². The maximum atomic E-state index is 10.9. The summed E-state index contributed by atoms with van der Waals surface area (Å²) in [5.41, 5.74) is 8.20. The Bertz CT molecular complexity index is 588. The van der Waals surface area contributed by atoms with Crippen molar-refractivity contribution in [3.63, 3.8) is 0 Å². The second-order valence-electron chi connectivity index (χ2n) is 7.46. The average Bonchev–Trinajstić information content (AvgIpc) is 2.99. The van der Waals surface area contributed by atoms with Gasteiger partial charge in [0.05, 0.1) is 6.61 Å². The first-order valence-corrected chi connectivity index (χ1v) is 10.9. The second-order valence-corrected chi connectivity index (χ2v) is 8.70.